The zero-order valence-electron chi connectivity index (χ0n) is 9.90. The lowest BCUT2D eigenvalue weighted by atomic mass is 10.3. The molecule has 0 saturated heterocycles. The van der Waals surface area contributed by atoms with Crippen LogP contribution in [0.5, 0.6) is 0 Å². The minimum atomic E-state index is -0.610. The molecule has 0 bridgehead atoms. The maximum absolute atomic E-state index is 11.3. The fourth-order valence-corrected chi connectivity index (χ4v) is 1.20. The first-order chi connectivity index (χ1) is 8.54. The van der Waals surface area contributed by atoms with Crippen LogP contribution in [-0.2, 0) is 4.74 Å². The van der Waals surface area contributed by atoms with Crippen molar-refractivity contribution in [3.63, 3.8) is 0 Å². The van der Waals surface area contributed by atoms with Gasteiger partial charge in [-0.1, -0.05) is 0 Å². The smallest absolute Gasteiger partial charge is 0.356 e. The number of esters is 1. The molecule has 1 rings (SSSR count). The van der Waals surface area contributed by atoms with Gasteiger partial charge in [-0.25, -0.2) is 14.6 Å². The Kier molecular flexibility index (Phi) is 4.73. The molecule has 1 aromatic heterocycles. The Morgan fingerprint density at radius 3 is 2.72 bits per heavy atom. The van der Waals surface area contributed by atoms with Crippen molar-refractivity contribution in [3.8, 4) is 0 Å². The molecule has 0 fully saturated rings. The third kappa shape index (κ3) is 3.81. The Morgan fingerprint density at radius 2 is 2.11 bits per heavy atom. The average Bonchev–Trinajstić information content (AvgIpc) is 2.35. The van der Waals surface area contributed by atoms with Crippen LogP contribution in [0, 0.1) is 0 Å². The summed E-state index contributed by atoms with van der Waals surface area (Å²) in [7, 11) is 1.27. The highest BCUT2D eigenvalue weighted by Gasteiger charge is 2.09. The third-order valence-electron chi connectivity index (χ3n) is 2.04. The summed E-state index contributed by atoms with van der Waals surface area (Å²) in [6.07, 6.45) is 0. The SMILES string of the molecule is COC(=O)c1ccc(N)c(NCCNC(N)=O)n1. The Labute approximate surface area is 104 Å². The number of hydrogen-bond acceptors (Lipinski definition) is 6. The minimum absolute atomic E-state index is 0.150. The lowest BCUT2D eigenvalue weighted by molar-refractivity contribution is 0.0594. The first-order valence-corrected chi connectivity index (χ1v) is 5.16. The lowest BCUT2D eigenvalue weighted by Gasteiger charge is -2.09. The number of hydrogen-bond donors (Lipinski definition) is 4. The van der Waals surface area contributed by atoms with E-state index in [9.17, 15) is 9.59 Å². The van der Waals surface area contributed by atoms with Crippen molar-refractivity contribution in [3.05, 3.63) is 17.8 Å². The maximum atomic E-state index is 11.3. The quantitative estimate of drug-likeness (QED) is 0.414. The largest absolute Gasteiger partial charge is 0.464 e. The van der Waals surface area contributed by atoms with Gasteiger partial charge in [0.1, 0.15) is 5.82 Å². The number of primary amides is 1. The first kappa shape index (κ1) is 13.6. The molecule has 0 radical (unpaired) electrons. The van der Waals surface area contributed by atoms with Crippen molar-refractivity contribution in [1.29, 1.82) is 0 Å². The molecule has 0 aliphatic carbocycles. The van der Waals surface area contributed by atoms with E-state index in [-0.39, 0.29) is 5.69 Å². The van der Waals surface area contributed by atoms with Gasteiger partial charge in [-0.3, -0.25) is 0 Å². The van der Waals surface area contributed by atoms with Gasteiger partial charge in [0, 0.05) is 13.1 Å². The summed E-state index contributed by atoms with van der Waals surface area (Å²) in [5.41, 5.74) is 11.1. The highest BCUT2D eigenvalue weighted by atomic mass is 16.5. The van der Waals surface area contributed by atoms with Crippen LogP contribution in [0.1, 0.15) is 10.5 Å². The molecule has 0 saturated carbocycles. The molecule has 18 heavy (non-hydrogen) atoms. The molecule has 2 amide bonds. The fraction of sp³-hybridized carbons (Fsp3) is 0.300. The van der Waals surface area contributed by atoms with Gasteiger partial charge in [-0.15, -0.1) is 0 Å². The molecule has 0 aliphatic rings. The summed E-state index contributed by atoms with van der Waals surface area (Å²) in [5.74, 6) is -0.197. The lowest BCUT2D eigenvalue weighted by Crippen LogP contribution is -2.33. The topological polar surface area (TPSA) is 132 Å². The van der Waals surface area contributed by atoms with Crippen molar-refractivity contribution in [2.75, 3.05) is 31.2 Å². The summed E-state index contributed by atoms with van der Waals surface area (Å²) in [4.78, 5) is 25.7. The van der Waals surface area contributed by atoms with Crippen LogP contribution in [0.25, 0.3) is 0 Å². The van der Waals surface area contributed by atoms with Crippen LogP contribution < -0.4 is 22.1 Å². The molecule has 1 heterocycles. The van der Waals surface area contributed by atoms with E-state index in [2.05, 4.69) is 20.4 Å². The second-order valence-electron chi connectivity index (χ2n) is 3.34. The van der Waals surface area contributed by atoms with E-state index in [1.807, 2.05) is 0 Å². The number of carbonyl (C=O) groups excluding carboxylic acids is 2. The molecule has 0 aromatic carbocycles. The van der Waals surface area contributed by atoms with Gasteiger partial charge in [0.25, 0.3) is 0 Å². The van der Waals surface area contributed by atoms with Crippen molar-refractivity contribution in [2.45, 2.75) is 0 Å². The van der Waals surface area contributed by atoms with Crippen molar-refractivity contribution < 1.29 is 14.3 Å². The predicted molar refractivity (Wildman–Crippen MR) is 66.1 cm³/mol. The molecule has 98 valence electrons. The van der Waals surface area contributed by atoms with Crippen molar-refractivity contribution in [2.24, 2.45) is 5.73 Å². The second kappa shape index (κ2) is 6.28. The molecule has 6 N–H and O–H groups in total. The van der Waals surface area contributed by atoms with Crippen molar-refractivity contribution in [1.82, 2.24) is 10.3 Å². The van der Waals surface area contributed by atoms with Gasteiger partial charge in [0.15, 0.2) is 5.69 Å². The number of pyridine rings is 1. The Balaban J connectivity index is 2.64. The molecule has 0 atom stereocenters. The summed E-state index contributed by atoms with van der Waals surface area (Å²) < 4.78 is 4.54. The number of urea groups is 1. The molecule has 0 unspecified atom stereocenters. The number of nitrogens with one attached hydrogen (secondary N) is 2. The van der Waals surface area contributed by atoms with Crippen LogP contribution >= 0.6 is 0 Å². The van der Waals surface area contributed by atoms with E-state index in [1.165, 1.54) is 13.2 Å². The normalized spacial score (nSPS) is 9.61. The summed E-state index contributed by atoms with van der Waals surface area (Å²) in [5, 5.41) is 5.27. The zero-order chi connectivity index (χ0) is 13.5. The third-order valence-corrected chi connectivity index (χ3v) is 2.04. The standard InChI is InChI=1S/C10H15N5O3/c1-18-9(16)7-3-2-6(11)8(15-7)13-4-5-14-10(12)17/h2-3H,4-5,11H2,1H3,(H,13,15)(H3,12,14,17). The number of ether oxygens (including phenoxy) is 1. The monoisotopic (exact) mass is 253 g/mol. The molecule has 8 heteroatoms. The van der Waals surface area contributed by atoms with E-state index in [0.29, 0.717) is 24.6 Å². The van der Waals surface area contributed by atoms with Gasteiger partial charge in [0.05, 0.1) is 12.8 Å². The Bertz CT molecular complexity index is 449. The summed E-state index contributed by atoms with van der Waals surface area (Å²) in [6, 6.07) is 2.40. The second-order valence-corrected chi connectivity index (χ2v) is 3.34. The van der Waals surface area contributed by atoms with Gasteiger partial charge in [-0.2, -0.15) is 0 Å². The van der Waals surface area contributed by atoms with Gasteiger partial charge < -0.3 is 26.8 Å². The number of nitrogen functional groups attached to an aromatic ring is 1. The molecule has 8 nitrogen and oxygen atoms in total. The Hall–Kier alpha value is -2.51. The van der Waals surface area contributed by atoms with Crippen LogP contribution in [-0.4, -0.2) is 37.2 Å². The Morgan fingerprint density at radius 1 is 1.39 bits per heavy atom. The van der Waals surface area contributed by atoms with Crippen LogP contribution in [0.15, 0.2) is 12.1 Å². The first-order valence-electron chi connectivity index (χ1n) is 5.16. The predicted octanol–water partition coefficient (Wildman–Crippen LogP) is -0.469. The molecular weight excluding hydrogens is 238 g/mol. The molecular formula is C10H15N5O3. The number of carbonyl (C=O) groups is 2. The van der Waals surface area contributed by atoms with Gasteiger partial charge in [-0.05, 0) is 12.1 Å². The van der Waals surface area contributed by atoms with Crippen LogP contribution in [0.2, 0.25) is 0 Å². The minimum Gasteiger partial charge on any atom is -0.464 e. The van der Waals surface area contributed by atoms with Gasteiger partial charge in [0.2, 0.25) is 0 Å². The molecule has 0 aliphatic heterocycles. The zero-order valence-corrected chi connectivity index (χ0v) is 9.90. The van der Waals surface area contributed by atoms with E-state index in [4.69, 9.17) is 11.5 Å². The number of anilines is 2. The highest BCUT2D eigenvalue weighted by Crippen LogP contribution is 2.15. The van der Waals surface area contributed by atoms with Crippen LogP contribution in [0.4, 0.5) is 16.3 Å². The van der Waals surface area contributed by atoms with E-state index in [1.54, 1.807) is 6.07 Å². The number of rotatable bonds is 5. The number of nitrogens with two attached hydrogens (primary N) is 2. The van der Waals surface area contributed by atoms with Crippen molar-refractivity contribution >= 4 is 23.5 Å². The highest BCUT2D eigenvalue weighted by molar-refractivity contribution is 5.88. The number of aromatic nitrogens is 1. The average molecular weight is 253 g/mol. The number of nitrogens with zero attached hydrogens (tertiary/aromatic N) is 1. The number of amides is 2. The number of methoxy groups -OCH3 is 1. The maximum Gasteiger partial charge on any atom is 0.356 e. The van der Waals surface area contributed by atoms with Gasteiger partial charge >= 0.3 is 12.0 Å². The fourth-order valence-electron chi connectivity index (χ4n) is 1.20. The summed E-state index contributed by atoms with van der Waals surface area (Å²) in [6.45, 7) is 0.698. The molecule has 0 spiro atoms. The summed E-state index contributed by atoms with van der Waals surface area (Å²) >= 11 is 0. The van der Waals surface area contributed by atoms with E-state index in [0.717, 1.165) is 0 Å². The van der Waals surface area contributed by atoms with E-state index < -0.39 is 12.0 Å². The van der Waals surface area contributed by atoms with E-state index >= 15 is 0 Å². The van der Waals surface area contributed by atoms with Crippen LogP contribution in [0.3, 0.4) is 0 Å². The molecule has 1 aromatic rings.